The highest BCUT2D eigenvalue weighted by molar-refractivity contribution is 5.87. The summed E-state index contributed by atoms with van der Waals surface area (Å²) in [5, 5.41) is 80.1. The summed E-state index contributed by atoms with van der Waals surface area (Å²) in [5.41, 5.74) is 0. The van der Waals surface area contributed by atoms with Gasteiger partial charge in [0.05, 0.1) is 19.8 Å². The highest BCUT2D eigenvalue weighted by Crippen LogP contribution is 2.29. The Hall–Kier alpha value is -2.03. The fourth-order valence-corrected chi connectivity index (χ4v) is 5.73. The van der Waals surface area contributed by atoms with Crippen LogP contribution in [-0.2, 0) is 33.3 Å². The summed E-state index contributed by atoms with van der Waals surface area (Å²) in [7, 11) is 0. The quantitative estimate of drug-likeness (QED) is 0.0496. The lowest BCUT2D eigenvalue weighted by Gasteiger charge is -2.46. The number of rotatable bonds is 24. The topological polar surface area (TPSA) is 266 Å². The molecular weight excluding hydrogens is 674 g/mol. The number of carbonyl (C=O) groups excluding carboxylic acids is 3. The molecule has 0 radical (unpaired) electrons. The van der Waals surface area contributed by atoms with Crippen LogP contribution in [0.4, 0.5) is 0 Å². The van der Waals surface area contributed by atoms with Gasteiger partial charge >= 0.3 is 0 Å². The first-order chi connectivity index (χ1) is 24.4. The highest BCUT2D eigenvalue weighted by Gasteiger charge is 2.51. The van der Waals surface area contributed by atoms with Crippen LogP contribution in [0.3, 0.4) is 0 Å². The van der Waals surface area contributed by atoms with Crippen molar-refractivity contribution >= 4 is 17.7 Å². The first-order valence-electron chi connectivity index (χ1n) is 18.4. The van der Waals surface area contributed by atoms with Gasteiger partial charge in [-0.2, -0.15) is 0 Å². The van der Waals surface area contributed by atoms with Crippen LogP contribution in [0.2, 0.25) is 0 Å². The molecule has 51 heavy (non-hydrogen) atoms. The molecule has 12 atom stereocenters. The van der Waals surface area contributed by atoms with Gasteiger partial charge in [-0.25, -0.2) is 0 Å². The molecule has 17 nitrogen and oxygen atoms in total. The number of hydrogen-bond donors (Lipinski definition) is 10. The van der Waals surface area contributed by atoms with Gasteiger partial charge in [0.25, 0.3) is 0 Å². The van der Waals surface area contributed by atoms with E-state index in [2.05, 4.69) is 22.9 Å². The maximum Gasteiger partial charge on any atom is 0.244 e. The number of unbranched alkanes of at least 4 members (excludes halogenated alkanes) is 7. The zero-order chi connectivity index (χ0) is 37.9. The number of amides is 3. The molecule has 2 saturated heterocycles. The summed E-state index contributed by atoms with van der Waals surface area (Å²) in [5.74, 6) is -0.996. The molecule has 0 aromatic carbocycles. The van der Waals surface area contributed by atoms with Gasteiger partial charge in [0.2, 0.25) is 17.7 Å². The normalized spacial score (nSPS) is 30.7. The van der Waals surface area contributed by atoms with Crippen LogP contribution < -0.4 is 16.0 Å². The lowest BCUT2D eigenvalue weighted by molar-refractivity contribution is -0.359. The second-order valence-corrected chi connectivity index (χ2v) is 13.4. The van der Waals surface area contributed by atoms with Crippen molar-refractivity contribution in [2.45, 2.75) is 159 Å². The summed E-state index contributed by atoms with van der Waals surface area (Å²) < 4.78 is 22.2. The number of ether oxygens (including phenoxy) is 4. The maximum atomic E-state index is 13.2. The Bertz CT molecular complexity index is 1010. The van der Waals surface area contributed by atoms with E-state index in [0.29, 0.717) is 32.4 Å². The van der Waals surface area contributed by atoms with Crippen molar-refractivity contribution in [3.05, 3.63) is 0 Å². The van der Waals surface area contributed by atoms with E-state index < -0.39 is 99.1 Å². The average molecular weight is 738 g/mol. The average Bonchev–Trinajstić information content (AvgIpc) is 3.12. The number of aliphatic hydroxyl groups excluding tert-OH is 7. The minimum absolute atomic E-state index is 0.00759. The van der Waals surface area contributed by atoms with E-state index >= 15 is 0 Å². The standard InChI is InChI=1S/C34H63N3O14/c1-4-6-7-8-9-12-16-36-32(47)21(37-24(40)14-11-10-13-15-35-31(46)20(3)5-2)19-48-33-29(45)27(43)30(23(18-39)50-33)51-34-28(44)26(42)25(41)22(17-38)49-34/h20-23,25-30,33-34,38-39,41-45H,4-19H2,1-3H3,(H,35,46)(H,36,47)(H,37,40)/t20?,21-,22?,23+,25-,26-,27?,28?,29?,30+,33-,34-/m0/s1. The third-order valence-corrected chi connectivity index (χ3v) is 9.31. The zero-order valence-corrected chi connectivity index (χ0v) is 30.2. The molecule has 0 aromatic rings. The number of hydrogen-bond acceptors (Lipinski definition) is 14. The van der Waals surface area contributed by atoms with E-state index in [1.54, 1.807) is 0 Å². The third kappa shape index (κ3) is 14.7. The van der Waals surface area contributed by atoms with E-state index in [-0.39, 0.29) is 18.2 Å². The van der Waals surface area contributed by atoms with E-state index in [4.69, 9.17) is 18.9 Å². The summed E-state index contributed by atoms with van der Waals surface area (Å²) in [6.07, 6.45) is -7.42. The van der Waals surface area contributed by atoms with Crippen LogP contribution in [0.25, 0.3) is 0 Å². The number of nitrogens with one attached hydrogen (secondary N) is 3. The molecule has 0 aliphatic carbocycles. The summed E-state index contributed by atoms with van der Waals surface area (Å²) >= 11 is 0. The van der Waals surface area contributed by atoms with Crippen LogP contribution >= 0.6 is 0 Å². The van der Waals surface area contributed by atoms with Gasteiger partial charge in [-0.3, -0.25) is 14.4 Å². The molecule has 10 N–H and O–H groups in total. The predicted molar refractivity (Wildman–Crippen MR) is 182 cm³/mol. The highest BCUT2D eigenvalue weighted by atomic mass is 16.7. The number of carbonyl (C=O) groups is 3. The predicted octanol–water partition coefficient (Wildman–Crippen LogP) is -1.69. The molecule has 2 heterocycles. The summed E-state index contributed by atoms with van der Waals surface area (Å²) in [6, 6.07) is -1.18. The van der Waals surface area contributed by atoms with Crippen molar-refractivity contribution in [1.82, 2.24) is 16.0 Å². The van der Waals surface area contributed by atoms with Gasteiger partial charge in [-0.1, -0.05) is 59.3 Å². The van der Waals surface area contributed by atoms with Crippen molar-refractivity contribution in [1.29, 1.82) is 0 Å². The second-order valence-electron chi connectivity index (χ2n) is 13.4. The lowest BCUT2D eigenvalue weighted by Crippen LogP contribution is -2.65. The monoisotopic (exact) mass is 737 g/mol. The largest absolute Gasteiger partial charge is 0.394 e. The fraction of sp³-hybridized carbons (Fsp3) is 0.912. The fourth-order valence-electron chi connectivity index (χ4n) is 5.73. The van der Waals surface area contributed by atoms with E-state index in [1.807, 2.05) is 13.8 Å². The first-order valence-corrected chi connectivity index (χ1v) is 18.4. The van der Waals surface area contributed by atoms with Crippen LogP contribution in [-0.4, -0.2) is 154 Å². The first kappa shape index (κ1) is 45.1. The molecule has 2 aliphatic heterocycles. The van der Waals surface area contributed by atoms with E-state index in [0.717, 1.165) is 44.9 Å². The van der Waals surface area contributed by atoms with Gasteiger partial charge in [0.1, 0.15) is 54.9 Å². The Morgan fingerprint density at radius 2 is 1.25 bits per heavy atom. The minimum Gasteiger partial charge on any atom is -0.394 e. The zero-order valence-electron chi connectivity index (χ0n) is 30.2. The van der Waals surface area contributed by atoms with Crippen molar-refractivity contribution < 1.29 is 69.1 Å². The molecule has 3 amide bonds. The number of aliphatic hydroxyl groups is 7. The van der Waals surface area contributed by atoms with Crippen LogP contribution in [0.1, 0.15) is 91.4 Å². The molecular formula is C34H63N3O14. The summed E-state index contributed by atoms with van der Waals surface area (Å²) in [4.78, 5) is 37.9. The molecule has 2 fully saturated rings. The molecule has 0 aromatic heterocycles. The van der Waals surface area contributed by atoms with Crippen LogP contribution in [0.15, 0.2) is 0 Å². The molecule has 17 heteroatoms. The van der Waals surface area contributed by atoms with Crippen molar-refractivity contribution in [2.24, 2.45) is 5.92 Å². The van der Waals surface area contributed by atoms with Crippen molar-refractivity contribution in [3.63, 3.8) is 0 Å². The SMILES string of the molecule is CCCCCCCCNC(=O)[C@H](CO[C@H]1O[C@H](CO)[C@@H](O[C@@H]2OC(CO)[C@H](O)[C@H](O)C2O)C(O)C1O)NC(=O)CCCCCNC(=O)C(C)CC. The molecule has 0 spiro atoms. The molecule has 5 unspecified atom stereocenters. The minimum atomic E-state index is -1.81. The molecule has 0 bridgehead atoms. The molecule has 298 valence electrons. The van der Waals surface area contributed by atoms with Gasteiger partial charge in [0, 0.05) is 25.4 Å². The molecule has 2 rings (SSSR count). The van der Waals surface area contributed by atoms with Crippen molar-refractivity contribution in [2.75, 3.05) is 32.9 Å². The maximum absolute atomic E-state index is 13.2. The summed E-state index contributed by atoms with van der Waals surface area (Å²) in [6.45, 7) is 4.87. The van der Waals surface area contributed by atoms with Crippen molar-refractivity contribution in [3.8, 4) is 0 Å². The Morgan fingerprint density at radius 1 is 0.686 bits per heavy atom. The smallest absolute Gasteiger partial charge is 0.244 e. The van der Waals surface area contributed by atoms with Gasteiger partial charge in [0.15, 0.2) is 12.6 Å². The van der Waals surface area contributed by atoms with Gasteiger partial charge in [-0.15, -0.1) is 0 Å². The van der Waals surface area contributed by atoms with Crippen LogP contribution in [0.5, 0.6) is 0 Å². The second kappa shape index (κ2) is 24.3. The van der Waals surface area contributed by atoms with E-state index in [1.165, 1.54) is 0 Å². The molecule has 0 saturated carbocycles. The van der Waals surface area contributed by atoms with E-state index in [9.17, 15) is 50.1 Å². The lowest BCUT2D eigenvalue weighted by atomic mass is 9.97. The van der Waals surface area contributed by atoms with Gasteiger partial charge < -0.3 is 70.6 Å². The molecule has 2 aliphatic rings. The van der Waals surface area contributed by atoms with Crippen LogP contribution in [0, 0.1) is 5.92 Å². The Balaban J connectivity index is 1.98. The third-order valence-electron chi connectivity index (χ3n) is 9.31. The Kier molecular flexibility index (Phi) is 21.5. The van der Waals surface area contributed by atoms with Gasteiger partial charge in [-0.05, 0) is 25.7 Å². The Morgan fingerprint density at radius 3 is 1.88 bits per heavy atom. The Labute approximate surface area is 300 Å².